The lowest BCUT2D eigenvalue weighted by Gasteiger charge is -2.21. The third-order valence-corrected chi connectivity index (χ3v) is 6.15. The second kappa shape index (κ2) is 9.78. The van der Waals surface area contributed by atoms with E-state index >= 15 is 0 Å². The minimum Gasteiger partial charge on any atom is -0.480 e. The lowest BCUT2D eigenvalue weighted by Crippen LogP contribution is -2.51. The van der Waals surface area contributed by atoms with Gasteiger partial charge in [0, 0.05) is 12.3 Å². The molecule has 2 aliphatic rings. The number of hydrogen-bond acceptors (Lipinski definition) is 4. The highest BCUT2D eigenvalue weighted by molar-refractivity contribution is 5.89. The molecule has 0 saturated heterocycles. The summed E-state index contributed by atoms with van der Waals surface area (Å²) in [5.41, 5.74) is 4.44. The fraction of sp³-hybridized carbons (Fsp3) is 0.346. The first-order valence-electron chi connectivity index (χ1n) is 11.1. The van der Waals surface area contributed by atoms with Crippen molar-refractivity contribution in [2.24, 2.45) is 5.92 Å². The van der Waals surface area contributed by atoms with Crippen LogP contribution in [0.25, 0.3) is 11.1 Å². The number of rotatable bonds is 9. The molecule has 2 aromatic carbocycles. The van der Waals surface area contributed by atoms with E-state index in [0.29, 0.717) is 12.3 Å². The molecule has 7 nitrogen and oxygen atoms in total. The van der Waals surface area contributed by atoms with E-state index in [-0.39, 0.29) is 18.9 Å². The molecule has 170 valence electrons. The van der Waals surface area contributed by atoms with Gasteiger partial charge in [0.2, 0.25) is 5.91 Å². The fourth-order valence-corrected chi connectivity index (χ4v) is 4.29. The summed E-state index contributed by atoms with van der Waals surface area (Å²) < 4.78 is 5.54. The Kier molecular flexibility index (Phi) is 6.64. The molecule has 1 unspecified atom stereocenters. The number of terminal acetylenes is 1. The van der Waals surface area contributed by atoms with Gasteiger partial charge in [-0.1, -0.05) is 61.4 Å². The van der Waals surface area contributed by atoms with E-state index in [0.717, 1.165) is 35.1 Å². The zero-order valence-electron chi connectivity index (χ0n) is 18.1. The molecule has 3 N–H and O–H groups in total. The largest absolute Gasteiger partial charge is 0.480 e. The lowest BCUT2D eigenvalue weighted by molar-refractivity contribution is -0.142. The second-order valence-electron chi connectivity index (χ2n) is 8.51. The van der Waals surface area contributed by atoms with Gasteiger partial charge in [0.15, 0.2) is 0 Å². The Bertz CT molecular complexity index is 1060. The van der Waals surface area contributed by atoms with Crippen molar-refractivity contribution in [2.45, 2.75) is 43.7 Å². The van der Waals surface area contributed by atoms with Crippen LogP contribution in [-0.2, 0) is 14.3 Å². The number of amides is 2. The maximum atomic E-state index is 12.7. The maximum absolute atomic E-state index is 12.7. The van der Waals surface area contributed by atoms with Crippen LogP contribution in [0.4, 0.5) is 4.79 Å². The predicted octanol–water partition coefficient (Wildman–Crippen LogP) is 3.29. The Morgan fingerprint density at radius 2 is 1.61 bits per heavy atom. The Hall–Kier alpha value is -3.79. The molecule has 0 spiro atoms. The quantitative estimate of drug-likeness (QED) is 0.513. The van der Waals surface area contributed by atoms with Gasteiger partial charge in [-0.3, -0.25) is 4.79 Å². The summed E-state index contributed by atoms with van der Waals surface area (Å²) in [6.45, 7) is 0.131. The van der Waals surface area contributed by atoms with Crippen LogP contribution < -0.4 is 10.6 Å². The topological polar surface area (TPSA) is 105 Å². The molecule has 4 rings (SSSR count). The summed E-state index contributed by atoms with van der Waals surface area (Å²) in [7, 11) is 0. The molecule has 0 bridgehead atoms. The summed E-state index contributed by atoms with van der Waals surface area (Å²) in [5.74, 6) is 0.694. The first kappa shape index (κ1) is 22.4. The first-order chi connectivity index (χ1) is 16.0. The summed E-state index contributed by atoms with van der Waals surface area (Å²) in [5, 5.41) is 14.3. The molecule has 33 heavy (non-hydrogen) atoms. The summed E-state index contributed by atoms with van der Waals surface area (Å²) in [6, 6.07) is 14.0. The molecule has 2 aromatic rings. The molecular formula is C26H26N2O5. The van der Waals surface area contributed by atoms with Gasteiger partial charge in [-0.25, -0.2) is 9.59 Å². The number of carboxylic acids is 1. The molecule has 2 aliphatic carbocycles. The standard InChI is InChI=1S/C26H26N2O5/c1-2-7-22(25(30)31)27-24(29)23(14-16-12-13-16)28-26(32)33-15-21-19-10-5-3-8-17(19)18-9-4-6-11-20(18)21/h1,3-6,8-11,16,21-23H,7,12-15H2,(H,27,29)(H,28,32)(H,30,31)/t22?,23-/m0/s1. The number of ether oxygens (including phenoxy) is 1. The number of aliphatic carboxylic acids is 1. The van der Waals surface area contributed by atoms with E-state index in [1.54, 1.807) is 0 Å². The van der Waals surface area contributed by atoms with Crippen molar-refractivity contribution in [3.8, 4) is 23.5 Å². The fourth-order valence-electron chi connectivity index (χ4n) is 4.29. The van der Waals surface area contributed by atoms with Crippen LogP contribution in [0.2, 0.25) is 0 Å². The first-order valence-corrected chi connectivity index (χ1v) is 11.1. The van der Waals surface area contributed by atoms with Gasteiger partial charge < -0.3 is 20.5 Å². The minimum atomic E-state index is -1.22. The van der Waals surface area contributed by atoms with Gasteiger partial charge in [0.05, 0.1) is 0 Å². The van der Waals surface area contributed by atoms with Crippen LogP contribution in [0.15, 0.2) is 48.5 Å². The summed E-state index contributed by atoms with van der Waals surface area (Å²) >= 11 is 0. The van der Waals surface area contributed by atoms with E-state index < -0.39 is 30.1 Å². The summed E-state index contributed by atoms with van der Waals surface area (Å²) in [6.07, 6.45) is 6.74. The van der Waals surface area contributed by atoms with Crippen LogP contribution >= 0.6 is 0 Å². The monoisotopic (exact) mass is 446 g/mol. The van der Waals surface area contributed by atoms with Crippen LogP contribution in [0.3, 0.4) is 0 Å². The second-order valence-corrected chi connectivity index (χ2v) is 8.51. The number of carbonyl (C=O) groups is 3. The highest BCUT2D eigenvalue weighted by atomic mass is 16.5. The predicted molar refractivity (Wildman–Crippen MR) is 122 cm³/mol. The van der Waals surface area contributed by atoms with Crippen LogP contribution in [0, 0.1) is 18.3 Å². The highest BCUT2D eigenvalue weighted by Gasteiger charge is 2.33. The van der Waals surface area contributed by atoms with Crippen molar-refractivity contribution in [3.63, 3.8) is 0 Å². The van der Waals surface area contributed by atoms with E-state index in [1.165, 1.54) is 0 Å². The number of carboxylic acid groups (broad SMARTS) is 1. The van der Waals surface area contributed by atoms with Crippen LogP contribution in [0.5, 0.6) is 0 Å². The molecule has 1 fully saturated rings. The normalized spacial score (nSPS) is 16.0. The third kappa shape index (κ3) is 5.17. The van der Waals surface area contributed by atoms with Crippen LogP contribution in [0.1, 0.15) is 42.7 Å². The lowest BCUT2D eigenvalue weighted by atomic mass is 9.98. The van der Waals surface area contributed by atoms with Crippen molar-refractivity contribution in [1.29, 1.82) is 0 Å². The van der Waals surface area contributed by atoms with Crippen molar-refractivity contribution >= 4 is 18.0 Å². The number of benzene rings is 2. The van der Waals surface area contributed by atoms with Gasteiger partial charge in [0.25, 0.3) is 0 Å². The van der Waals surface area contributed by atoms with E-state index in [9.17, 15) is 19.5 Å². The zero-order chi connectivity index (χ0) is 23.4. The molecular weight excluding hydrogens is 420 g/mol. The smallest absolute Gasteiger partial charge is 0.407 e. The van der Waals surface area contributed by atoms with Crippen molar-refractivity contribution in [3.05, 3.63) is 59.7 Å². The zero-order valence-corrected chi connectivity index (χ0v) is 18.1. The SMILES string of the molecule is C#CCC(NC(=O)[C@H](CC1CC1)NC(=O)OCC1c2ccccc2-c2ccccc21)C(=O)O. The van der Waals surface area contributed by atoms with Crippen LogP contribution in [-0.4, -0.2) is 41.8 Å². The van der Waals surface area contributed by atoms with Crippen molar-refractivity contribution < 1.29 is 24.2 Å². The van der Waals surface area contributed by atoms with E-state index in [2.05, 4.69) is 28.7 Å². The van der Waals surface area contributed by atoms with Gasteiger partial charge >= 0.3 is 12.1 Å². The number of fused-ring (bicyclic) bond motifs is 3. The van der Waals surface area contributed by atoms with Gasteiger partial charge in [-0.05, 0) is 34.6 Å². The summed E-state index contributed by atoms with van der Waals surface area (Å²) in [4.78, 5) is 36.7. The Balaban J connectivity index is 1.40. The van der Waals surface area contributed by atoms with Gasteiger partial charge in [-0.2, -0.15) is 0 Å². The third-order valence-electron chi connectivity index (χ3n) is 6.15. The van der Waals surface area contributed by atoms with Crippen molar-refractivity contribution in [2.75, 3.05) is 6.61 Å². The van der Waals surface area contributed by atoms with Crippen molar-refractivity contribution in [1.82, 2.24) is 10.6 Å². The molecule has 0 heterocycles. The van der Waals surface area contributed by atoms with E-state index in [1.807, 2.05) is 36.4 Å². The van der Waals surface area contributed by atoms with Gasteiger partial charge in [0.1, 0.15) is 18.7 Å². The Morgan fingerprint density at radius 1 is 1.00 bits per heavy atom. The number of carbonyl (C=O) groups excluding carboxylic acids is 2. The average Bonchev–Trinajstić information content (AvgIpc) is 3.57. The molecule has 2 atom stereocenters. The van der Waals surface area contributed by atoms with E-state index in [4.69, 9.17) is 11.2 Å². The molecule has 1 saturated carbocycles. The molecule has 2 amide bonds. The molecule has 0 aliphatic heterocycles. The number of alkyl carbamates (subject to hydrolysis) is 1. The molecule has 7 heteroatoms. The highest BCUT2D eigenvalue weighted by Crippen LogP contribution is 2.44. The molecule has 0 aromatic heterocycles. The molecule has 0 radical (unpaired) electrons. The Labute approximate surface area is 192 Å². The van der Waals surface area contributed by atoms with Gasteiger partial charge in [-0.15, -0.1) is 12.3 Å². The number of hydrogen-bond donors (Lipinski definition) is 3. The average molecular weight is 447 g/mol. The number of nitrogens with one attached hydrogen (secondary N) is 2. The minimum absolute atomic E-state index is 0.0918. The Morgan fingerprint density at radius 3 is 2.15 bits per heavy atom. The maximum Gasteiger partial charge on any atom is 0.407 e.